The molecule has 170 valence electrons. The number of rotatable bonds is 4. The second-order valence-corrected chi connectivity index (χ2v) is 5.88. The van der Waals surface area contributed by atoms with Crippen molar-refractivity contribution in [1.29, 1.82) is 0 Å². The number of aromatic carboxylic acids is 3. The van der Waals surface area contributed by atoms with Gasteiger partial charge in [-0.25, -0.2) is 37.4 Å². The van der Waals surface area contributed by atoms with Crippen LogP contribution in [-0.2, 0) is 4.74 Å². The van der Waals surface area contributed by atoms with Crippen molar-refractivity contribution in [1.82, 2.24) is 29.2 Å². The SMILES string of the molecule is COC(=O)c1cc(C(=O)O)n2ncc(F)c2n1.O=C([O-])c1cc(C(=O)[O-])n2ncc(F)c2n1.[Li+].[Li+]. The summed E-state index contributed by atoms with van der Waals surface area (Å²) in [6.07, 6.45) is 1.53. The van der Waals surface area contributed by atoms with Crippen molar-refractivity contribution in [3.63, 3.8) is 0 Å². The Balaban J connectivity index is 0.000000332. The van der Waals surface area contributed by atoms with Gasteiger partial charge in [-0.15, -0.1) is 0 Å². The molecule has 4 rings (SSSR count). The molecule has 0 saturated heterocycles. The molecule has 0 bridgehead atoms. The smallest absolute Gasteiger partial charge is 0.543 e. The molecule has 0 aromatic carbocycles. The molecule has 0 aliphatic carbocycles. The van der Waals surface area contributed by atoms with E-state index in [0.717, 1.165) is 23.9 Å². The minimum Gasteiger partial charge on any atom is -0.543 e. The Labute approximate surface area is 215 Å². The maximum absolute atomic E-state index is 13.2. The van der Waals surface area contributed by atoms with Gasteiger partial charge in [-0.1, -0.05) is 0 Å². The number of fused-ring (bicyclic) bond motifs is 2. The van der Waals surface area contributed by atoms with E-state index in [0.29, 0.717) is 16.8 Å². The van der Waals surface area contributed by atoms with E-state index in [4.69, 9.17) is 5.11 Å². The number of carbonyl (C=O) groups is 4. The second-order valence-electron chi connectivity index (χ2n) is 5.88. The van der Waals surface area contributed by atoms with Gasteiger partial charge in [-0.3, -0.25) is 0 Å². The third-order valence-electron chi connectivity index (χ3n) is 3.89. The van der Waals surface area contributed by atoms with Crippen molar-refractivity contribution >= 4 is 35.2 Å². The summed E-state index contributed by atoms with van der Waals surface area (Å²) in [6.45, 7) is 0. The average molecular weight is 476 g/mol. The van der Waals surface area contributed by atoms with Crippen LogP contribution in [0.4, 0.5) is 8.78 Å². The molecule has 4 heterocycles. The summed E-state index contributed by atoms with van der Waals surface area (Å²) in [4.78, 5) is 50.3. The van der Waals surface area contributed by atoms with Crippen LogP contribution in [0.5, 0.6) is 0 Å². The summed E-state index contributed by atoms with van der Waals surface area (Å²) in [5.41, 5.74) is -2.85. The van der Waals surface area contributed by atoms with Crippen LogP contribution in [0.3, 0.4) is 0 Å². The molecule has 0 aliphatic heterocycles. The predicted octanol–water partition coefficient (Wildman–Crippen LogP) is -8.04. The van der Waals surface area contributed by atoms with E-state index in [2.05, 4.69) is 24.9 Å². The number of carboxylic acids is 3. The molecule has 0 amide bonds. The summed E-state index contributed by atoms with van der Waals surface area (Å²) in [5.74, 6) is -7.38. The largest absolute Gasteiger partial charge is 1.00 e. The number of esters is 1. The number of aromatic nitrogens is 6. The first-order valence-corrected chi connectivity index (χ1v) is 8.38. The van der Waals surface area contributed by atoms with Gasteiger partial charge in [-0.2, -0.15) is 10.2 Å². The van der Waals surface area contributed by atoms with Crippen molar-refractivity contribution in [2.24, 2.45) is 0 Å². The Hall–Kier alpha value is -3.83. The number of methoxy groups -OCH3 is 1. The van der Waals surface area contributed by atoms with E-state index in [1.807, 2.05) is 0 Å². The Bertz CT molecular complexity index is 1460. The monoisotopic (exact) mass is 476 g/mol. The second kappa shape index (κ2) is 11.5. The summed E-state index contributed by atoms with van der Waals surface area (Å²) in [5, 5.41) is 37.0. The number of hydrogen-bond donors (Lipinski definition) is 1. The first kappa shape index (κ1) is 29.2. The van der Waals surface area contributed by atoms with Gasteiger partial charge in [0.1, 0.15) is 0 Å². The number of carbonyl (C=O) groups excluding carboxylic acids is 3. The number of carboxylic acid groups (broad SMARTS) is 3. The molecule has 0 fully saturated rings. The van der Waals surface area contributed by atoms with Crippen LogP contribution in [-0.4, -0.2) is 65.3 Å². The third-order valence-corrected chi connectivity index (χ3v) is 3.89. The summed E-state index contributed by atoms with van der Waals surface area (Å²) in [6, 6.07) is 1.65. The molecule has 0 unspecified atom stereocenters. The maximum atomic E-state index is 13.2. The van der Waals surface area contributed by atoms with E-state index in [9.17, 15) is 38.2 Å². The quantitative estimate of drug-likeness (QED) is 0.215. The van der Waals surface area contributed by atoms with Crippen molar-refractivity contribution in [2.45, 2.75) is 0 Å². The molecule has 1 N–H and O–H groups in total. The van der Waals surface area contributed by atoms with Gasteiger partial charge in [0.25, 0.3) is 0 Å². The topological polar surface area (TPSA) is 204 Å². The predicted molar refractivity (Wildman–Crippen MR) is 92.8 cm³/mol. The fraction of sp³-hybridized carbons (Fsp3) is 0.0588. The molecule has 0 spiro atoms. The summed E-state index contributed by atoms with van der Waals surface area (Å²) < 4.78 is 32.1. The standard InChI is InChI=1S/C9H6FN3O4.C8H4FN3O4.2Li/c1-17-9(16)5-2-6(8(14)15)13-7(12-5)4(10)3-11-13;9-3-2-10-12-5(8(15)16)1-4(7(13)14)11-6(3)12;;/h2-3H,1H3,(H,14,15);1-2H,(H,13,14)(H,15,16);;/q;;2*+1/p-2. The number of nitrogens with zero attached hydrogens (tertiary/aromatic N) is 6. The molecule has 4 aromatic heterocycles. The van der Waals surface area contributed by atoms with Crippen LogP contribution in [0.2, 0.25) is 0 Å². The van der Waals surface area contributed by atoms with Gasteiger partial charge in [0.05, 0.1) is 42.8 Å². The van der Waals surface area contributed by atoms with Gasteiger partial charge < -0.3 is 29.6 Å². The summed E-state index contributed by atoms with van der Waals surface area (Å²) in [7, 11) is 1.11. The van der Waals surface area contributed by atoms with Crippen molar-refractivity contribution in [2.75, 3.05) is 7.11 Å². The summed E-state index contributed by atoms with van der Waals surface area (Å²) >= 11 is 0. The van der Waals surface area contributed by atoms with Crippen LogP contribution in [0, 0.1) is 11.6 Å². The van der Waals surface area contributed by atoms with E-state index in [-0.39, 0.29) is 54.8 Å². The molecule has 0 atom stereocenters. The van der Waals surface area contributed by atoms with Gasteiger partial charge in [-0.05, 0) is 6.07 Å². The van der Waals surface area contributed by atoms with Crippen LogP contribution in [0.15, 0.2) is 24.5 Å². The molecular formula is C17H8F2Li2N6O8. The fourth-order valence-electron chi connectivity index (χ4n) is 2.48. The average Bonchev–Trinajstić information content (AvgIpc) is 3.34. The van der Waals surface area contributed by atoms with Crippen LogP contribution in [0.25, 0.3) is 11.3 Å². The number of halogens is 2. The molecule has 0 aliphatic rings. The Morgan fingerprint density at radius 1 is 0.857 bits per heavy atom. The maximum Gasteiger partial charge on any atom is 1.00 e. The number of ether oxygens (including phenoxy) is 1. The molecule has 0 radical (unpaired) electrons. The van der Waals surface area contributed by atoms with Crippen molar-refractivity contribution in [3.05, 3.63) is 58.9 Å². The minimum atomic E-state index is -1.72. The van der Waals surface area contributed by atoms with E-state index in [1.165, 1.54) is 0 Å². The van der Waals surface area contributed by atoms with E-state index >= 15 is 0 Å². The van der Waals surface area contributed by atoms with Crippen molar-refractivity contribution in [3.8, 4) is 0 Å². The first-order chi connectivity index (χ1) is 15.5. The zero-order valence-corrected chi connectivity index (χ0v) is 18.1. The molecule has 4 aromatic rings. The fourth-order valence-corrected chi connectivity index (χ4v) is 2.48. The zero-order valence-electron chi connectivity index (χ0n) is 18.1. The Kier molecular flexibility index (Phi) is 9.63. The van der Waals surface area contributed by atoms with Crippen LogP contribution < -0.4 is 47.9 Å². The Morgan fingerprint density at radius 2 is 1.31 bits per heavy atom. The van der Waals surface area contributed by atoms with Crippen LogP contribution >= 0.6 is 0 Å². The molecule has 18 heteroatoms. The van der Waals surface area contributed by atoms with Crippen molar-refractivity contribution < 1.29 is 85.7 Å². The first-order valence-electron chi connectivity index (χ1n) is 8.38. The van der Waals surface area contributed by atoms with E-state index < -0.39 is 52.5 Å². The van der Waals surface area contributed by atoms with E-state index in [1.54, 1.807) is 0 Å². The van der Waals surface area contributed by atoms with Gasteiger partial charge >= 0.3 is 49.7 Å². The third kappa shape index (κ3) is 5.82. The number of hydrogen-bond acceptors (Lipinski definition) is 11. The normalized spacial score (nSPS) is 9.91. The molecule has 14 nitrogen and oxygen atoms in total. The van der Waals surface area contributed by atoms with Crippen LogP contribution in [0.1, 0.15) is 42.0 Å². The van der Waals surface area contributed by atoms with Gasteiger partial charge in [0.15, 0.2) is 34.3 Å². The van der Waals surface area contributed by atoms with Gasteiger partial charge in [0.2, 0.25) is 0 Å². The zero-order chi connectivity index (χ0) is 24.4. The molecule has 35 heavy (non-hydrogen) atoms. The van der Waals surface area contributed by atoms with Gasteiger partial charge in [0, 0.05) is 6.07 Å². The molecular weight excluding hydrogens is 468 g/mol. The molecule has 0 saturated carbocycles. The minimum absolute atomic E-state index is 0. The Morgan fingerprint density at radius 3 is 1.74 bits per heavy atom.